The molecule has 0 aromatic carbocycles. The van der Waals surface area contributed by atoms with Crippen LogP contribution in [0.3, 0.4) is 0 Å². The topological polar surface area (TPSA) is 124 Å². The number of aliphatic hydroxyl groups is 3. The number of aliphatic carboxylic acids is 1. The second kappa shape index (κ2) is 9.71. The predicted molar refractivity (Wildman–Crippen MR) is 65.4 cm³/mol. The van der Waals surface area contributed by atoms with Crippen LogP contribution in [0.15, 0.2) is 0 Å². The monoisotopic (exact) mass is 278 g/mol. The Morgan fingerprint density at radius 2 is 1.68 bits per heavy atom. The Balaban J connectivity index is 3.85. The Kier molecular flexibility index (Phi) is 9.11. The molecule has 7 nitrogen and oxygen atoms in total. The first-order valence-electron chi connectivity index (χ1n) is 6.33. The molecular formula is C12H22O7. The van der Waals surface area contributed by atoms with Crippen molar-refractivity contribution >= 4 is 11.9 Å². The van der Waals surface area contributed by atoms with E-state index in [1.54, 1.807) is 0 Å². The van der Waals surface area contributed by atoms with Crippen LogP contribution >= 0.6 is 0 Å². The summed E-state index contributed by atoms with van der Waals surface area (Å²) in [6, 6.07) is 0. The first-order chi connectivity index (χ1) is 8.90. The van der Waals surface area contributed by atoms with Gasteiger partial charge in [-0.05, 0) is 6.42 Å². The summed E-state index contributed by atoms with van der Waals surface area (Å²) >= 11 is 0. The summed E-state index contributed by atoms with van der Waals surface area (Å²) in [7, 11) is 0. The van der Waals surface area contributed by atoms with Gasteiger partial charge in [-0.25, -0.2) is 9.59 Å². The van der Waals surface area contributed by atoms with Crippen molar-refractivity contribution < 1.29 is 34.8 Å². The number of carbonyl (C=O) groups is 2. The summed E-state index contributed by atoms with van der Waals surface area (Å²) in [5, 5.41) is 35.9. The number of carboxylic acids is 1. The molecule has 112 valence electrons. The van der Waals surface area contributed by atoms with Gasteiger partial charge in [0.1, 0.15) is 6.61 Å². The molecule has 0 aliphatic rings. The van der Waals surface area contributed by atoms with Gasteiger partial charge < -0.3 is 25.2 Å². The van der Waals surface area contributed by atoms with E-state index >= 15 is 0 Å². The molecule has 0 rings (SSSR count). The summed E-state index contributed by atoms with van der Waals surface area (Å²) in [5.41, 5.74) is 0. The Bertz CT molecular complexity index is 279. The highest BCUT2D eigenvalue weighted by Crippen LogP contribution is 2.06. The van der Waals surface area contributed by atoms with Gasteiger partial charge in [-0.1, -0.05) is 32.6 Å². The predicted octanol–water partition coefficient (Wildman–Crippen LogP) is -0.333. The van der Waals surface area contributed by atoms with E-state index in [1.807, 2.05) is 0 Å². The molecule has 0 heterocycles. The Morgan fingerprint density at radius 1 is 1.05 bits per heavy atom. The van der Waals surface area contributed by atoms with E-state index in [-0.39, 0.29) is 6.61 Å². The number of carboxylic acid groups (broad SMARTS) is 1. The average molecular weight is 278 g/mol. The van der Waals surface area contributed by atoms with E-state index in [4.69, 9.17) is 15.3 Å². The van der Waals surface area contributed by atoms with Gasteiger partial charge in [-0.15, -0.1) is 0 Å². The van der Waals surface area contributed by atoms with E-state index in [2.05, 4.69) is 11.7 Å². The van der Waals surface area contributed by atoms with Crippen LogP contribution in [0.2, 0.25) is 0 Å². The van der Waals surface area contributed by atoms with E-state index in [9.17, 15) is 14.7 Å². The maximum atomic E-state index is 11.2. The molecule has 0 spiro atoms. The van der Waals surface area contributed by atoms with Gasteiger partial charge in [0, 0.05) is 0 Å². The standard InChI is InChI=1S/C12H22O7/c1-2-3-4-5-6-8(13)7-19-12(18)10(15)9(14)11(16)17/h8-10,13-15H,2-7H2,1H3,(H,16,17). The minimum absolute atomic E-state index is 0.325. The lowest BCUT2D eigenvalue weighted by atomic mass is 10.1. The molecule has 0 bridgehead atoms. The van der Waals surface area contributed by atoms with Gasteiger partial charge in [0.2, 0.25) is 0 Å². The van der Waals surface area contributed by atoms with Crippen molar-refractivity contribution in [2.45, 2.75) is 57.3 Å². The SMILES string of the molecule is CCCCCCC(O)COC(=O)C(O)C(O)C(=O)O. The summed E-state index contributed by atoms with van der Waals surface area (Å²) in [6.45, 7) is 1.74. The van der Waals surface area contributed by atoms with Crippen molar-refractivity contribution in [3.8, 4) is 0 Å². The van der Waals surface area contributed by atoms with Gasteiger partial charge in [0.15, 0.2) is 12.2 Å². The molecule has 0 fully saturated rings. The van der Waals surface area contributed by atoms with Crippen LogP contribution in [0, 0.1) is 0 Å². The molecule has 0 amide bonds. The zero-order chi connectivity index (χ0) is 14.8. The average Bonchev–Trinajstić information content (AvgIpc) is 2.39. The minimum atomic E-state index is -2.23. The fourth-order valence-electron chi connectivity index (χ4n) is 1.42. The van der Waals surface area contributed by atoms with Crippen molar-refractivity contribution in [1.82, 2.24) is 0 Å². The van der Waals surface area contributed by atoms with Gasteiger partial charge in [-0.3, -0.25) is 0 Å². The van der Waals surface area contributed by atoms with Crippen LogP contribution in [-0.4, -0.2) is 57.3 Å². The summed E-state index contributed by atoms with van der Waals surface area (Å²) in [5.74, 6) is -2.98. The van der Waals surface area contributed by atoms with Crippen LogP contribution in [0.25, 0.3) is 0 Å². The van der Waals surface area contributed by atoms with Crippen LogP contribution in [-0.2, 0) is 14.3 Å². The Morgan fingerprint density at radius 3 is 2.21 bits per heavy atom. The normalized spacial score (nSPS) is 15.6. The third-order valence-electron chi connectivity index (χ3n) is 2.60. The molecule has 0 aromatic heterocycles. The molecule has 4 N–H and O–H groups in total. The number of ether oxygens (including phenoxy) is 1. The highest BCUT2D eigenvalue weighted by Gasteiger charge is 2.31. The minimum Gasteiger partial charge on any atom is -0.479 e. The molecule has 7 heteroatoms. The lowest BCUT2D eigenvalue weighted by Crippen LogP contribution is -2.41. The quantitative estimate of drug-likeness (QED) is 0.318. The molecule has 0 radical (unpaired) electrons. The molecule has 0 saturated heterocycles. The van der Waals surface area contributed by atoms with E-state index in [0.29, 0.717) is 6.42 Å². The van der Waals surface area contributed by atoms with Gasteiger partial charge in [0.25, 0.3) is 0 Å². The number of unbranched alkanes of at least 4 members (excludes halogenated alkanes) is 3. The number of hydrogen-bond acceptors (Lipinski definition) is 6. The molecule has 19 heavy (non-hydrogen) atoms. The number of rotatable bonds is 10. The summed E-state index contributed by atoms with van der Waals surface area (Å²) < 4.78 is 4.53. The van der Waals surface area contributed by atoms with Crippen molar-refractivity contribution in [2.24, 2.45) is 0 Å². The van der Waals surface area contributed by atoms with Crippen LogP contribution < -0.4 is 0 Å². The van der Waals surface area contributed by atoms with Gasteiger partial charge >= 0.3 is 11.9 Å². The second-order valence-electron chi connectivity index (χ2n) is 4.36. The van der Waals surface area contributed by atoms with Crippen molar-refractivity contribution in [3.63, 3.8) is 0 Å². The third-order valence-corrected chi connectivity index (χ3v) is 2.60. The maximum Gasteiger partial charge on any atom is 0.338 e. The number of carbonyl (C=O) groups excluding carboxylic acids is 1. The smallest absolute Gasteiger partial charge is 0.338 e. The molecule has 3 atom stereocenters. The highest BCUT2D eigenvalue weighted by molar-refractivity contribution is 5.84. The van der Waals surface area contributed by atoms with E-state index in [0.717, 1.165) is 25.7 Å². The van der Waals surface area contributed by atoms with Gasteiger partial charge in [0.05, 0.1) is 6.10 Å². The lowest BCUT2D eigenvalue weighted by molar-refractivity contribution is -0.171. The fourth-order valence-corrected chi connectivity index (χ4v) is 1.42. The van der Waals surface area contributed by atoms with E-state index in [1.165, 1.54) is 0 Å². The summed E-state index contributed by atoms with van der Waals surface area (Å²) in [4.78, 5) is 21.5. The van der Waals surface area contributed by atoms with Gasteiger partial charge in [-0.2, -0.15) is 0 Å². The largest absolute Gasteiger partial charge is 0.479 e. The molecule has 0 aliphatic carbocycles. The molecule has 0 aromatic rings. The number of hydrogen-bond donors (Lipinski definition) is 4. The lowest BCUT2D eigenvalue weighted by Gasteiger charge is -2.15. The molecule has 3 unspecified atom stereocenters. The third kappa shape index (κ3) is 7.76. The first-order valence-corrected chi connectivity index (χ1v) is 6.33. The maximum absolute atomic E-state index is 11.2. The second-order valence-corrected chi connectivity index (χ2v) is 4.36. The van der Waals surface area contributed by atoms with Crippen LogP contribution in [0.1, 0.15) is 39.0 Å². The van der Waals surface area contributed by atoms with Crippen molar-refractivity contribution in [1.29, 1.82) is 0 Å². The number of esters is 1. The van der Waals surface area contributed by atoms with Crippen LogP contribution in [0.4, 0.5) is 0 Å². The molecule has 0 aliphatic heterocycles. The Labute approximate surface area is 111 Å². The zero-order valence-corrected chi connectivity index (χ0v) is 11.0. The summed E-state index contributed by atoms with van der Waals surface area (Å²) in [6.07, 6.45) is -0.853. The fraction of sp³-hybridized carbons (Fsp3) is 0.833. The Hall–Kier alpha value is -1.18. The molecule has 0 saturated carbocycles. The number of aliphatic hydroxyl groups excluding tert-OH is 3. The van der Waals surface area contributed by atoms with Crippen molar-refractivity contribution in [2.75, 3.05) is 6.61 Å². The highest BCUT2D eigenvalue weighted by atomic mass is 16.6. The zero-order valence-electron chi connectivity index (χ0n) is 11.0. The van der Waals surface area contributed by atoms with Crippen molar-refractivity contribution in [3.05, 3.63) is 0 Å². The first kappa shape index (κ1) is 17.8. The molecular weight excluding hydrogens is 256 g/mol. The van der Waals surface area contributed by atoms with E-state index < -0.39 is 30.3 Å². The van der Waals surface area contributed by atoms with Crippen LogP contribution in [0.5, 0.6) is 0 Å².